The molecule has 84 valence electrons. The molecule has 1 aromatic heterocycles. The Bertz CT molecular complexity index is 523. The number of rotatable bonds is 2. The highest BCUT2D eigenvalue weighted by Gasteiger charge is 2.08. The second-order valence-corrected chi connectivity index (χ2v) is 4.87. The summed E-state index contributed by atoms with van der Waals surface area (Å²) in [6, 6.07) is 6.13. The van der Waals surface area contributed by atoms with E-state index in [0.717, 1.165) is 26.8 Å². The van der Waals surface area contributed by atoms with Crippen molar-refractivity contribution in [3.63, 3.8) is 0 Å². The predicted molar refractivity (Wildman–Crippen MR) is 72.6 cm³/mol. The van der Waals surface area contributed by atoms with E-state index < -0.39 is 0 Å². The molecule has 0 aliphatic heterocycles. The van der Waals surface area contributed by atoms with Crippen LogP contribution in [0.15, 0.2) is 28.9 Å². The number of pyridine rings is 1. The van der Waals surface area contributed by atoms with E-state index in [1.165, 1.54) is 0 Å². The van der Waals surface area contributed by atoms with Gasteiger partial charge in [-0.2, -0.15) is 0 Å². The standard InChI is InChI=1S/C12H14BrN3/c1-7(2)16-12-11-8(5-6-15-12)9(13)3-4-10(11)14/h3-7H,14H2,1-2H3,(H,15,16). The second-order valence-electron chi connectivity index (χ2n) is 4.02. The van der Waals surface area contributed by atoms with Gasteiger partial charge in [0.25, 0.3) is 0 Å². The number of aromatic nitrogens is 1. The van der Waals surface area contributed by atoms with E-state index in [1.807, 2.05) is 18.2 Å². The summed E-state index contributed by atoms with van der Waals surface area (Å²) in [6.07, 6.45) is 1.79. The second kappa shape index (κ2) is 4.29. The third kappa shape index (κ3) is 1.97. The Balaban J connectivity index is 2.71. The molecule has 0 unspecified atom stereocenters. The Morgan fingerprint density at radius 3 is 2.75 bits per heavy atom. The van der Waals surface area contributed by atoms with Gasteiger partial charge in [-0.1, -0.05) is 15.9 Å². The Kier molecular flexibility index (Phi) is 3.01. The summed E-state index contributed by atoms with van der Waals surface area (Å²) in [5.41, 5.74) is 6.75. The lowest BCUT2D eigenvalue weighted by Crippen LogP contribution is -2.11. The fraction of sp³-hybridized carbons (Fsp3) is 0.250. The molecular weight excluding hydrogens is 266 g/mol. The van der Waals surface area contributed by atoms with Crippen molar-refractivity contribution in [2.45, 2.75) is 19.9 Å². The molecule has 3 nitrogen and oxygen atoms in total. The van der Waals surface area contributed by atoms with Crippen molar-refractivity contribution in [2.24, 2.45) is 0 Å². The number of anilines is 2. The molecule has 1 heterocycles. The molecule has 0 aliphatic carbocycles. The molecule has 0 spiro atoms. The fourth-order valence-electron chi connectivity index (χ4n) is 1.67. The SMILES string of the molecule is CC(C)Nc1nccc2c(Br)ccc(N)c12. The summed E-state index contributed by atoms with van der Waals surface area (Å²) >= 11 is 3.52. The van der Waals surface area contributed by atoms with Gasteiger partial charge in [0.2, 0.25) is 0 Å². The molecular formula is C12H14BrN3. The van der Waals surface area contributed by atoms with Crippen LogP contribution >= 0.6 is 15.9 Å². The lowest BCUT2D eigenvalue weighted by molar-refractivity contribution is 0.892. The quantitative estimate of drug-likeness (QED) is 0.829. The molecule has 0 fully saturated rings. The lowest BCUT2D eigenvalue weighted by Gasteiger charge is -2.13. The first-order valence-electron chi connectivity index (χ1n) is 5.19. The van der Waals surface area contributed by atoms with Crippen molar-refractivity contribution in [1.82, 2.24) is 4.98 Å². The number of hydrogen-bond acceptors (Lipinski definition) is 3. The minimum atomic E-state index is 0.330. The third-order valence-corrected chi connectivity index (χ3v) is 3.02. The summed E-state index contributed by atoms with van der Waals surface area (Å²) in [7, 11) is 0. The number of nitrogens with one attached hydrogen (secondary N) is 1. The monoisotopic (exact) mass is 279 g/mol. The smallest absolute Gasteiger partial charge is 0.136 e. The number of nitrogens with two attached hydrogens (primary N) is 1. The average molecular weight is 280 g/mol. The molecule has 0 aliphatic rings. The molecule has 0 amide bonds. The average Bonchev–Trinajstić information content (AvgIpc) is 2.23. The third-order valence-electron chi connectivity index (χ3n) is 2.33. The highest BCUT2D eigenvalue weighted by molar-refractivity contribution is 9.10. The number of nitrogens with zero attached hydrogens (tertiary/aromatic N) is 1. The van der Waals surface area contributed by atoms with Gasteiger partial charge >= 0.3 is 0 Å². The molecule has 0 radical (unpaired) electrons. The highest BCUT2D eigenvalue weighted by atomic mass is 79.9. The van der Waals surface area contributed by atoms with Gasteiger partial charge < -0.3 is 11.1 Å². The van der Waals surface area contributed by atoms with E-state index in [-0.39, 0.29) is 0 Å². The molecule has 0 saturated heterocycles. The van der Waals surface area contributed by atoms with Crippen LogP contribution in [0, 0.1) is 0 Å². The summed E-state index contributed by atoms with van der Waals surface area (Å²) in [5, 5.41) is 5.36. The van der Waals surface area contributed by atoms with E-state index in [9.17, 15) is 0 Å². The summed E-state index contributed by atoms with van der Waals surface area (Å²) in [4.78, 5) is 4.34. The zero-order valence-electron chi connectivity index (χ0n) is 9.29. The van der Waals surface area contributed by atoms with E-state index in [1.54, 1.807) is 6.20 Å². The van der Waals surface area contributed by atoms with E-state index in [2.05, 4.69) is 40.1 Å². The lowest BCUT2D eigenvalue weighted by atomic mass is 10.1. The Morgan fingerprint density at radius 2 is 2.06 bits per heavy atom. The highest BCUT2D eigenvalue weighted by Crippen LogP contribution is 2.32. The molecule has 0 saturated carbocycles. The van der Waals surface area contributed by atoms with Crippen LogP contribution in [0.5, 0.6) is 0 Å². The minimum absolute atomic E-state index is 0.330. The van der Waals surface area contributed by atoms with E-state index >= 15 is 0 Å². The van der Waals surface area contributed by atoms with Crippen LogP contribution in [0.3, 0.4) is 0 Å². The van der Waals surface area contributed by atoms with Gasteiger partial charge in [-0.05, 0) is 32.0 Å². The molecule has 2 rings (SSSR count). The maximum absolute atomic E-state index is 6.00. The maximum atomic E-state index is 6.00. The van der Waals surface area contributed by atoms with Gasteiger partial charge in [-0.15, -0.1) is 0 Å². The molecule has 16 heavy (non-hydrogen) atoms. The first kappa shape index (κ1) is 11.2. The van der Waals surface area contributed by atoms with Crippen LogP contribution < -0.4 is 11.1 Å². The van der Waals surface area contributed by atoms with Gasteiger partial charge in [0.1, 0.15) is 5.82 Å². The molecule has 1 aromatic carbocycles. The zero-order chi connectivity index (χ0) is 11.7. The van der Waals surface area contributed by atoms with Crippen molar-refractivity contribution < 1.29 is 0 Å². The number of nitrogen functional groups attached to an aromatic ring is 1. The zero-order valence-corrected chi connectivity index (χ0v) is 10.9. The molecule has 0 atom stereocenters. The molecule has 3 N–H and O–H groups in total. The topological polar surface area (TPSA) is 50.9 Å². The van der Waals surface area contributed by atoms with Gasteiger partial charge in [-0.25, -0.2) is 4.98 Å². The fourth-order valence-corrected chi connectivity index (χ4v) is 2.13. The minimum Gasteiger partial charge on any atom is -0.398 e. The maximum Gasteiger partial charge on any atom is 0.136 e. The van der Waals surface area contributed by atoms with Crippen molar-refractivity contribution in [3.8, 4) is 0 Å². The van der Waals surface area contributed by atoms with Crippen molar-refractivity contribution in [1.29, 1.82) is 0 Å². The normalized spacial score (nSPS) is 11.0. The number of benzene rings is 1. The summed E-state index contributed by atoms with van der Waals surface area (Å²) in [5.74, 6) is 0.839. The molecule has 2 aromatic rings. The van der Waals surface area contributed by atoms with Gasteiger partial charge in [0.15, 0.2) is 0 Å². The van der Waals surface area contributed by atoms with Crippen molar-refractivity contribution in [2.75, 3.05) is 11.1 Å². The van der Waals surface area contributed by atoms with Crippen molar-refractivity contribution in [3.05, 3.63) is 28.9 Å². The van der Waals surface area contributed by atoms with Gasteiger partial charge in [0, 0.05) is 33.2 Å². The van der Waals surface area contributed by atoms with E-state index in [4.69, 9.17) is 5.73 Å². The largest absolute Gasteiger partial charge is 0.398 e. The van der Waals surface area contributed by atoms with Crippen LogP contribution in [0.25, 0.3) is 10.8 Å². The molecule has 4 heteroatoms. The predicted octanol–water partition coefficient (Wildman–Crippen LogP) is 3.40. The number of fused-ring (bicyclic) bond motifs is 1. The Morgan fingerprint density at radius 1 is 1.31 bits per heavy atom. The van der Waals surface area contributed by atoms with Crippen LogP contribution in [0.2, 0.25) is 0 Å². The van der Waals surface area contributed by atoms with E-state index in [0.29, 0.717) is 6.04 Å². The summed E-state index contributed by atoms with van der Waals surface area (Å²) in [6.45, 7) is 4.16. The van der Waals surface area contributed by atoms with Gasteiger partial charge in [-0.3, -0.25) is 0 Å². The number of hydrogen-bond donors (Lipinski definition) is 2. The Hall–Kier alpha value is -1.29. The first-order chi connectivity index (χ1) is 7.59. The molecule has 0 bridgehead atoms. The summed E-state index contributed by atoms with van der Waals surface area (Å²) < 4.78 is 1.03. The first-order valence-corrected chi connectivity index (χ1v) is 5.98. The van der Waals surface area contributed by atoms with Crippen LogP contribution in [-0.2, 0) is 0 Å². The Labute approximate surface area is 103 Å². The van der Waals surface area contributed by atoms with Gasteiger partial charge in [0.05, 0.1) is 0 Å². The van der Waals surface area contributed by atoms with Crippen LogP contribution in [0.4, 0.5) is 11.5 Å². The number of halogens is 1. The van der Waals surface area contributed by atoms with Crippen LogP contribution in [-0.4, -0.2) is 11.0 Å². The van der Waals surface area contributed by atoms with Crippen LogP contribution in [0.1, 0.15) is 13.8 Å². The van der Waals surface area contributed by atoms with Crippen molar-refractivity contribution >= 4 is 38.2 Å².